The van der Waals surface area contributed by atoms with E-state index >= 15 is 0 Å². The first kappa shape index (κ1) is 20.1. The van der Waals surface area contributed by atoms with E-state index in [4.69, 9.17) is 2.51 Å². The number of nitrogens with zero attached hydrogens (tertiary/aromatic N) is 1. The quantitative estimate of drug-likeness (QED) is 0.466. The molecule has 138 valence electrons. The van der Waals surface area contributed by atoms with Crippen LogP contribution in [0.1, 0.15) is 22.3 Å². The maximum absolute atomic E-state index is 12.9. The molecule has 0 aliphatic carbocycles. The van der Waals surface area contributed by atoms with E-state index < -0.39 is 35.9 Å². The van der Waals surface area contributed by atoms with Crippen LogP contribution in [0.2, 0.25) is 0 Å². The fourth-order valence-electron chi connectivity index (χ4n) is 2.34. The van der Waals surface area contributed by atoms with Crippen molar-refractivity contribution in [3.63, 3.8) is 0 Å². The second kappa shape index (κ2) is 7.20. The molecule has 25 heavy (non-hydrogen) atoms. The molecule has 2 rings (SSSR count). The molecule has 0 bridgehead atoms. The van der Waals surface area contributed by atoms with E-state index in [1.54, 1.807) is 45.2 Å². The average molecular weight is 487 g/mol. The summed E-state index contributed by atoms with van der Waals surface area (Å²) in [5.41, 5.74) is -2.39. The molecule has 0 aliphatic heterocycles. The van der Waals surface area contributed by atoms with Gasteiger partial charge in [0.1, 0.15) is 0 Å². The van der Waals surface area contributed by atoms with Gasteiger partial charge in [0, 0.05) is 0 Å². The van der Waals surface area contributed by atoms with Crippen LogP contribution in [0.15, 0.2) is 30.6 Å². The van der Waals surface area contributed by atoms with Crippen LogP contribution in [-0.2, 0) is 12.6 Å². The number of aromatic nitrogens is 1. The van der Waals surface area contributed by atoms with Crippen LogP contribution in [-0.4, -0.2) is 18.9 Å². The summed E-state index contributed by atoms with van der Waals surface area (Å²) in [5, 5.41) is 0. The normalized spacial score (nSPS) is 13.0. The summed E-state index contributed by atoms with van der Waals surface area (Å²) in [6.07, 6.45) is 2.92. The Morgan fingerprint density at radius 2 is 1.52 bits per heavy atom. The van der Waals surface area contributed by atoms with Gasteiger partial charge in [-0.15, -0.1) is 0 Å². The minimum atomic E-state index is -5.71. The number of pyridine rings is 1. The Balaban J connectivity index is 2.67. The molecule has 0 atom stereocenters. The summed E-state index contributed by atoms with van der Waals surface area (Å²) in [4.78, 5) is 3.98. The Morgan fingerprint density at radius 3 is 2.00 bits per heavy atom. The van der Waals surface area contributed by atoms with Gasteiger partial charge in [-0.1, -0.05) is 0 Å². The van der Waals surface area contributed by atoms with Crippen LogP contribution in [0.4, 0.5) is 13.2 Å². The van der Waals surface area contributed by atoms with Gasteiger partial charge in [-0.25, -0.2) is 0 Å². The Morgan fingerprint density at radius 1 is 0.960 bits per heavy atom. The maximum atomic E-state index is 12.9. The summed E-state index contributed by atoms with van der Waals surface area (Å²) in [6.45, 7) is 7.08. The second-order valence-electron chi connectivity index (χ2n) is 5.60. The zero-order valence-electron chi connectivity index (χ0n) is 14.0. The molecular formula is C16H17F3INO3S. The van der Waals surface area contributed by atoms with Gasteiger partial charge in [-0.05, 0) is 0 Å². The van der Waals surface area contributed by atoms with Gasteiger partial charge in [0.2, 0.25) is 0 Å². The van der Waals surface area contributed by atoms with Gasteiger partial charge in [0.15, 0.2) is 0 Å². The van der Waals surface area contributed by atoms with Crippen LogP contribution in [0.25, 0.3) is 0 Å². The first-order chi connectivity index (χ1) is 11.4. The first-order valence-electron chi connectivity index (χ1n) is 7.13. The number of hydrogen-bond acceptors (Lipinski definition) is 4. The number of benzene rings is 1. The average Bonchev–Trinajstić information content (AvgIpc) is 2.43. The monoisotopic (exact) mass is 487 g/mol. The molecule has 0 radical (unpaired) electrons. The molecule has 0 unspecified atom stereocenters. The third-order valence-corrected chi connectivity index (χ3v) is 11.0. The molecule has 0 fully saturated rings. The number of rotatable bonds is 4. The van der Waals surface area contributed by atoms with Crippen molar-refractivity contribution in [3.8, 4) is 0 Å². The fourth-order valence-corrected chi connectivity index (χ4v) is 9.58. The molecule has 2 aromatic rings. The predicted octanol–water partition coefficient (Wildman–Crippen LogP) is 4.64. The van der Waals surface area contributed by atoms with Crippen molar-refractivity contribution < 1.29 is 24.1 Å². The summed E-state index contributed by atoms with van der Waals surface area (Å²) < 4.78 is 67.6. The van der Waals surface area contributed by atoms with E-state index in [1.807, 2.05) is 6.92 Å². The van der Waals surface area contributed by atoms with Gasteiger partial charge in [0.25, 0.3) is 0 Å². The van der Waals surface area contributed by atoms with Gasteiger partial charge in [-0.2, -0.15) is 0 Å². The molecule has 0 aliphatic rings. The van der Waals surface area contributed by atoms with E-state index in [-0.39, 0.29) is 0 Å². The SMILES string of the molecule is Cc1cncc(I(OS(=O)(=O)C(F)(F)F)c2c(C)cc(C)cc2C)c1. The molecule has 0 N–H and O–H groups in total. The summed E-state index contributed by atoms with van der Waals surface area (Å²) in [7, 11) is -5.71. The molecule has 0 amide bonds. The van der Waals surface area contributed by atoms with Crippen molar-refractivity contribution in [3.05, 3.63) is 60.0 Å². The van der Waals surface area contributed by atoms with Gasteiger partial charge >= 0.3 is 153 Å². The first-order valence-corrected chi connectivity index (χ1v) is 11.6. The van der Waals surface area contributed by atoms with Crippen molar-refractivity contribution >= 4 is 30.4 Å². The van der Waals surface area contributed by atoms with Gasteiger partial charge in [0.05, 0.1) is 0 Å². The van der Waals surface area contributed by atoms with Crippen LogP contribution >= 0.6 is 20.2 Å². The van der Waals surface area contributed by atoms with E-state index in [2.05, 4.69) is 4.98 Å². The molecular weight excluding hydrogens is 470 g/mol. The van der Waals surface area contributed by atoms with Crippen LogP contribution in [0.5, 0.6) is 0 Å². The van der Waals surface area contributed by atoms with E-state index in [9.17, 15) is 21.6 Å². The third kappa shape index (κ3) is 4.50. The molecule has 1 heterocycles. The zero-order chi connectivity index (χ0) is 19.0. The topological polar surface area (TPSA) is 56.3 Å². The van der Waals surface area contributed by atoms with E-state index in [1.165, 1.54) is 6.20 Å². The predicted molar refractivity (Wildman–Crippen MR) is 97.1 cm³/mol. The van der Waals surface area contributed by atoms with Crippen LogP contribution in [0, 0.1) is 34.8 Å². The van der Waals surface area contributed by atoms with Crippen molar-refractivity contribution in [2.24, 2.45) is 0 Å². The molecule has 4 nitrogen and oxygen atoms in total. The summed E-state index contributed by atoms with van der Waals surface area (Å²) in [5.74, 6) is 0. The molecule has 0 saturated carbocycles. The van der Waals surface area contributed by atoms with E-state index in [0.29, 0.717) is 18.3 Å². The van der Waals surface area contributed by atoms with Crippen molar-refractivity contribution in [2.75, 3.05) is 0 Å². The van der Waals surface area contributed by atoms with Crippen molar-refractivity contribution in [1.82, 2.24) is 4.98 Å². The summed E-state index contributed by atoms with van der Waals surface area (Å²) >= 11 is -3.40. The standard InChI is InChI=1S/C16H17F3INO3S/c1-10-5-12(3)15(13(4)6-10)20(14-7-11(2)8-21-9-14)24-25(22,23)16(17,18)19/h5-9H,1-4H3. The molecule has 1 aromatic carbocycles. The fraction of sp³-hybridized carbons (Fsp3) is 0.312. The number of halogens is 4. The van der Waals surface area contributed by atoms with Gasteiger partial charge in [-0.3, -0.25) is 0 Å². The third-order valence-electron chi connectivity index (χ3n) is 3.22. The molecule has 0 spiro atoms. The second-order valence-corrected chi connectivity index (χ2v) is 11.9. The van der Waals surface area contributed by atoms with E-state index in [0.717, 1.165) is 11.1 Å². The van der Waals surface area contributed by atoms with Crippen LogP contribution < -0.4 is 0 Å². The number of alkyl halides is 3. The molecule has 9 heteroatoms. The Kier molecular flexibility index (Phi) is 5.79. The van der Waals surface area contributed by atoms with Gasteiger partial charge < -0.3 is 0 Å². The number of aryl methyl sites for hydroxylation is 4. The van der Waals surface area contributed by atoms with Crippen molar-refractivity contribution in [2.45, 2.75) is 33.2 Å². The number of hydrogen-bond donors (Lipinski definition) is 0. The van der Waals surface area contributed by atoms with Crippen molar-refractivity contribution in [1.29, 1.82) is 0 Å². The Bertz CT molecular complexity index is 875. The summed E-state index contributed by atoms with van der Waals surface area (Å²) in [6, 6.07) is 5.24. The van der Waals surface area contributed by atoms with Crippen LogP contribution in [0.3, 0.4) is 0 Å². The molecule has 0 saturated heterocycles. The zero-order valence-corrected chi connectivity index (χ0v) is 17.0. The Hall–Kier alpha value is -1.20. The Labute approximate surface area is 152 Å². The minimum absolute atomic E-state index is 0.395. The molecule has 1 aromatic heterocycles.